The van der Waals surface area contributed by atoms with Crippen LogP contribution in [0.2, 0.25) is 0 Å². The van der Waals surface area contributed by atoms with Crippen molar-refractivity contribution in [1.29, 1.82) is 0 Å². The van der Waals surface area contributed by atoms with E-state index in [1.54, 1.807) is 12.1 Å². The molecule has 0 aliphatic carbocycles. The molecule has 5 nitrogen and oxygen atoms in total. The summed E-state index contributed by atoms with van der Waals surface area (Å²) in [4.78, 5) is 17.1. The smallest absolute Gasteiger partial charge is 0.318 e. The Balaban J connectivity index is 1.77. The summed E-state index contributed by atoms with van der Waals surface area (Å²) in [5.74, 6) is -3.06. The maximum atomic E-state index is 13.4. The lowest BCUT2D eigenvalue weighted by atomic mass is 10.0. The summed E-state index contributed by atoms with van der Waals surface area (Å²) in [6.45, 7) is -10.2. The first-order valence-corrected chi connectivity index (χ1v) is 10.1. The van der Waals surface area contributed by atoms with Crippen molar-refractivity contribution in [2.24, 2.45) is 5.92 Å². The molecule has 0 bridgehead atoms. The van der Waals surface area contributed by atoms with Crippen LogP contribution in [-0.2, 0) is 13.0 Å². The zero-order valence-electron chi connectivity index (χ0n) is 27.4. The minimum Gasteiger partial charge on any atom is -0.493 e. The molecule has 1 fully saturated rings. The van der Waals surface area contributed by atoms with Crippen LogP contribution >= 0.6 is 0 Å². The van der Waals surface area contributed by atoms with Crippen molar-refractivity contribution in [1.82, 2.24) is 15.1 Å². The fourth-order valence-electron chi connectivity index (χ4n) is 3.39. The van der Waals surface area contributed by atoms with E-state index in [0.29, 0.717) is 18.4 Å². The number of hydrogen-bond donors (Lipinski definition) is 1. The predicted molar refractivity (Wildman–Crippen MR) is 121 cm³/mol. The monoisotopic (exact) mass is 437 g/mol. The van der Waals surface area contributed by atoms with E-state index in [1.165, 1.54) is 41.3 Å². The fourth-order valence-corrected chi connectivity index (χ4v) is 3.39. The molecule has 0 aromatic heterocycles. The standard InChI is InChI=1S/C25H34FN3O2/c1-19(2)18-31-24-10-6-20(7-11-24)16-27-25(30)29(23-12-14-28(3)15-13-23)17-21-4-8-22(26)9-5-21/h4-11,19,23H,12-18H2,1-3H3,(H,27,30)/i1D3,2D3,16D2,18D2. The van der Waals surface area contributed by atoms with Gasteiger partial charge in [0.05, 0.1) is 12.0 Å². The van der Waals surface area contributed by atoms with Crippen molar-refractivity contribution in [3.05, 3.63) is 65.5 Å². The largest absolute Gasteiger partial charge is 0.493 e. The predicted octanol–water partition coefficient (Wildman–Crippen LogP) is 4.67. The third-order valence-corrected chi connectivity index (χ3v) is 5.12. The lowest BCUT2D eigenvalue weighted by Gasteiger charge is -2.37. The summed E-state index contributed by atoms with van der Waals surface area (Å²) >= 11 is 0. The average Bonchev–Trinajstić information content (AvgIpc) is 2.82. The number of benzene rings is 2. The van der Waals surface area contributed by atoms with Gasteiger partial charge in [-0.3, -0.25) is 0 Å². The van der Waals surface area contributed by atoms with E-state index in [1.807, 2.05) is 7.05 Å². The van der Waals surface area contributed by atoms with Crippen molar-refractivity contribution < 1.29 is 27.6 Å². The summed E-state index contributed by atoms with van der Waals surface area (Å²) in [5, 5.41) is 2.41. The Morgan fingerprint density at radius 2 is 1.84 bits per heavy atom. The number of carbonyl (C=O) groups excluding carboxylic acids is 1. The number of nitrogens with zero attached hydrogens (tertiary/aromatic N) is 2. The fraction of sp³-hybridized carbons (Fsp3) is 0.480. The highest BCUT2D eigenvalue weighted by Gasteiger charge is 2.27. The SMILES string of the molecule is [2H]C([2H])(NC(=O)N(Cc1ccc(F)cc1)C1CCN(C)CC1)c1ccc(OC([2H])([2H])C(C([2H])([2H])[2H])C([2H])([2H])[2H])cc1. The van der Waals surface area contributed by atoms with Crippen LogP contribution in [0.15, 0.2) is 48.5 Å². The molecule has 3 rings (SSSR count). The number of halogens is 1. The maximum Gasteiger partial charge on any atom is 0.318 e. The molecule has 2 aromatic rings. The van der Waals surface area contributed by atoms with Gasteiger partial charge in [-0.25, -0.2) is 9.18 Å². The average molecular weight is 438 g/mol. The van der Waals surface area contributed by atoms with E-state index in [2.05, 4.69) is 10.2 Å². The Bertz CT molecular complexity index is 1150. The highest BCUT2D eigenvalue weighted by atomic mass is 19.1. The number of nitrogens with one attached hydrogen (secondary N) is 1. The molecule has 1 N–H and O–H groups in total. The molecule has 1 aliphatic heterocycles. The number of ether oxygens (including phenoxy) is 1. The van der Waals surface area contributed by atoms with E-state index in [4.69, 9.17) is 18.4 Å². The highest BCUT2D eigenvalue weighted by Crippen LogP contribution is 2.19. The Morgan fingerprint density at radius 3 is 2.48 bits per heavy atom. The van der Waals surface area contributed by atoms with Gasteiger partial charge in [0.1, 0.15) is 11.6 Å². The summed E-state index contributed by atoms with van der Waals surface area (Å²) in [6, 6.07) is 9.68. The first-order valence-electron chi connectivity index (χ1n) is 15.1. The highest BCUT2D eigenvalue weighted by molar-refractivity contribution is 5.74. The molecule has 0 spiro atoms. The van der Waals surface area contributed by atoms with Crippen molar-refractivity contribution >= 4 is 6.03 Å². The van der Waals surface area contributed by atoms with Gasteiger partial charge in [-0.1, -0.05) is 38.0 Å². The van der Waals surface area contributed by atoms with E-state index >= 15 is 0 Å². The molecule has 168 valence electrons. The first-order chi connectivity index (χ1) is 18.8. The van der Waals surface area contributed by atoms with Crippen LogP contribution in [0.5, 0.6) is 5.75 Å². The lowest BCUT2D eigenvalue weighted by molar-refractivity contribution is 0.127. The van der Waals surface area contributed by atoms with Crippen LogP contribution in [0.4, 0.5) is 9.18 Å². The van der Waals surface area contributed by atoms with Crippen molar-refractivity contribution in [3.63, 3.8) is 0 Å². The zero-order chi connectivity index (χ0) is 30.8. The van der Waals surface area contributed by atoms with E-state index < -0.39 is 44.5 Å². The van der Waals surface area contributed by atoms with Gasteiger partial charge in [0, 0.05) is 27.3 Å². The minimum absolute atomic E-state index is 0.00735. The maximum absolute atomic E-state index is 13.4. The van der Waals surface area contributed by atoms with Gasteiger partial charge in [-0.05, 0) is 74.3 Å². The van der Waals surface area contributed by atoms with Crippen LogP contribution in [0, 0.1) is 11.7 Å². The summed E-state index contributed by atoms with van der Waals surface area (Å²) < 4.78 is 96.6. The van der Waals surface area contributed by atoms with Gasteiger partial charge >= 0.3 is 6.03 Å². The Labute approximate surface area is 199 Å². The number of amides is 2. The molecule has 0 saturated carbocycles. The first kappa shape index (κ1) is 13.1. The molecular weight excluding hydrogens is 393 g/mol. The molecule has 31 heavy (non-hydrogen) atoms. The van der Waals surface area contributed by atoms with Crippen LogP contribution < -0.4 is 10.1 Å². The van der Waals surface area contributed by atoms with Gasteiger partial charge in [0.2, 0.25) is 0 Å². The second-order valence-corrected chi connectivity index (χ2v) is 7.52. The van der Waals surface area contributed by atoms with Gasteiger partial charge in [0.15, 0.2) is 0 Å². The van der Waals surface area contributed by atoms with Gasteiger partial charge in [-0.2, -0.15) is 0 Å². The van der Waals surface area contributed by atoms with Crippen LogP contribution in [0.1, 0.15) is 51.4 Å². The second kappa shape index (κ2) is 11.1. The third kappa shape index (κ3) is 7.24. The number of urea groups is 1. The molecular formula is C25H34FN3O2. The number of likely N-dealkylation sites (tertiary alicyclic amines) is 1. The lowest BCUT2D eigenvalue weighted by Crippen LogP contribution is -2.49. The van der Waals surface area contributed by atoms with Gasteiger partial charge in [-0.15, -0.1) is 0 Å². The molecule has 0 atom stereocenters. The Kier molecular flexibility index (Phi) is 4.70. The normalized spacial score (nSPS) is 21.6. The van der Waals surface area contributed by atoms with E-state index in [-0.39, 0.29) is 23.9 Å². The molecule has 1 heterocycles. The quantitative estimate of drug-likeness (QED) is 0.653. The Morgan fingerprint density at radius 1 is 1.19 bits per heavy atom. The molecule has 2 amide bonds. The number of hydrogen-bond acceptors (Lipinski definition) is 3. The molecule has 6 heteroatoms. The molecule has 0 radical (unpaired) electrons. The molecule has 1 saturated heterocycles. The molecule has 1 aliphatic rings. The van der Waals surface area contributed by atoms with Crippen LogP contribution in [-0.4, -0.2) is 48.6 Å². The summed E-state index contributed by atoms with van der Waals surface area (Å²) in [5.41, 5.74) is 0.677. The van der Waals surface area contributed by atoms with Crippen molar-refractivity contribution in [2.75, 3.05) is 26.7 Å². The molecule has 2 aromatic carbocycles. The topological polar surface area (TPSA) is 44.8 Å². The Hall–Kier alpha value is -2.60. The molecule has 0 unspecified atom stereocenters. The number of piperidine rings is 1. The van der Waals surface area contributed by atoms with Crippen LogP contribution in [0.3, 0.4) is 0 Å². The van der Waals surface area contributed by atoms with E-state index in [0.717, 1.165) is 13.1 Å². The minimum atomic E-state index is -3.18. The second-order valence-electron chi connectivity index (χ2n) is 7.52. The van der Waals surface area contributed by atoms with Crippen molar-refractivity contribution in [2.45, 2.75) is 45.6 Å². The third-order valence-electron chi connectivity index (χ3n) is 5.12. The van der Waals surface area contributed by atoms with E-state index in [9.17, 15) is 9.18 Å². The zero-order valence-corrected chi connectivity index (χ0v) is 17.4. The number of rotatable bonds is 8. The van der Waals surface area contributed by atoms with Crippen LogP contribution in [0.25, 0.3) is 0 Å². The number of carbonyl (C=O) groups is 1. The summed E-state index contributed by atoms with van der Waals surface area (Å²) in [6.07, 6.45) is 1.35. The van der Waals surface area contributed by atoms with Crippen molar-refractivity contribution in [3.8, 4) is 5.75 Å². The van der Waals surface area contributed by atoms with Gasteiger partial charge in [0.25, 0.3) is 0 Å². The van der Waals surface area contributed by atoms with Gasteiger partial charge < -0.3 is 19.9 Å². The summed E-state index contributed by atoms with van der Waals surface area (Å²) in [7, 11) is 1.98.